The third-order valence-electron chi connectivity index (χ3n) is 1.52. The van der Waals surface area contributed by atoms with Gasteiger partial charge in [0.25, 0.3) is 0 Å². The lowest BCUT2D eigenvalue weighted by atomic mass is 9.88. The Bertz CT molecular complexity index is 113. The molecule has 0 aromatic heterocycles. The van der Waals surface area contributed by atoms with Crippen LogP contribution in [0.3, 0.4) is 0 Å². The molecule has 0 heterocycles. The summed E-state index contributed by atoms with van der Waals surface area (Å²) in [7, 11) is 0. The quantitative estimate of drug-likeness (QED) is 0.622. The Kier molecular flexibility index (Phi) is 3.04. The first-order chi connectivity index (χ1) is 4.19. The second kappa shape index (κ2) is 2.88. The minimum Gasteiger partial charge on any atom is -0.390 e. The summed E-state index contributed by atoms with van der Waals surface area (Å²) in [5.41, 5.74) is -0.301. The molecule has 1 nitrogen and oxygen atoms in total. The van der Waals surface area contributed by atoms with Crippen molar-refractivity contribution in [2.45, 2.75) is 38.1 Å². The lowest BCUT2D eigenvalue weighted by Crippen LogP contribution is -2.41. The molecular weight excluding hydrogens is 171 g/mol. The molecular formula is C7H14Cl2O. The van der Waals surface area contributed by atoms with Gasteiger partial charge < -0.3 is 5.11 Å². The van der Waals surface area contributed by atoms with Gasteiger partial charge >= 0.3 is 0 Å². The highest BCUT2D eigenvalue weighted by Gasteiger charge is 2.42. The van der Waals surface area contributed by atoms with Gasteiger partial charge in [0.15, 0.2) is 0 Å². The zero-order valence-corrected chi connectivity index (χ0v) is 8.29. The number of halogens is 2. The molecule has 0 bridgehead atoms. The fraction of sp³-hybridized carbons (Fsp3) is 1.00. The number of aliphatic hydroxyl groups excluding tert-OH is 1. The van der Waals surface area contributed by atoms with Crippen molar-refractivity contribution in [3.8, 4) is 0 Å². The van der Waals surface area contributed by atoms with E-state index in [1.165, 1.54) is 0 Å². The number of rotatable bonds is 1. The third-order valence-corrected chi connectivity index (χ3v) is 3.29. The topological polar surface area (TPSA) is 20.2 Å². The molecule has 1 atom stereocenters. The summed E-state index contributed by atoms with van der Waals surface area (Å²) in [6.07, 6.45) is -0.712. The molecule has 0 aliphatic carbocycles. The molecule has 0 aromatic rings. The normalized spacial score (nSPS) is 17.1. The molecule has 0 aromatic carbocycles. The highest BCUT2D eigenvalue weighted by atomic mass is 35.5. The van der Waals surface area contributed by atoms with Crippen molar-refractivity contribution in [1.29, 1.82) is 0 Å². The van der Waals surface area contributed by atoms with Crippen LogP contribution in [0.2, 0.25) is 0 Å². The van der Waals surface area contributed by atoms with Crippen LogP contribution in [0, 0.1) is 5.41 Å². The molecule has 1 N–H and O–H groups in total. The molecule has 0 saturated heterocycles. The first kappa shape index (κ1) is 10.5. The molecule has 10 heavy (non-hydrogen) atoms. The van der Waals surface area contributed by atoms with Gasteiger partial charge in [-0.2, -0.15) is 0 Å². The van der Waals surface area contributed by atoms with Crippen molar-refractivity contribution < 1.29 is 5.11 Å². The largest absolute Gasteiger partial charge is 0.390 e. The van der Waals surface area contributed by atoms with Crippen LogP contribution in [0.1, 0.15) is 27.7 Å². The molecule has 0 amide bonds. The smallest absolute Gasteiger partial charge is 0.148 e. The summed E-state index contributed by atoms with van der Waals surface area (Å²) >= 11 is 11.7. The molecule has 0 aliphatic heterocycles. The van der Waals surface area contributed by atoms with Crippen LogP contribution >= 0.6 is 23.2 Å². The van der Waals surface area contributed by atoms with Gasteiger partial charge in [-0.1, -0.05) is 44.0 Å². The first-order valence-corrected chi connectivity index (χ1v) is 4.01. The van der Waals surface area contributed by atoms with E-state index in [0.717, 1.165) is 0 Å². The molecule has 62 valence electrons. The lowest BCUT2D eigenvalue weighted by Gasteiger charge is -2.36. The van der Waals surface area contributed by atoms with Crippen LogP contribution in [-0.4, -0.2) is 15.5 Å². The van der Waals surface area contributed by atoms with Crippen molar-refractivity contribution in [3.63, 3.8) is 0 Å². The number of alkyl halides is 2. The Morgan fingerprint density at radius 3 is 1.50 bits per heavy atom. The minimum absolute atomic E-state index is 0.301. The average molecular weight is 185 g/mol. The van der Waals surface area contributed by atoms with Gasteiger partial charge in [-0.05, 0) is 12.3 Å². The molecule has 1 unspecified atom stereocenters. The Morgan fingerprint density at radius 2 is 1.50 bits per heavy atom. The van der Waals surface area contributed by atoms with Gasteiger partial charge in [-0.15, -0.1) is 0 Å². The molecule has 3 heteroatoms. The van der Waals surface area contributed by atoms with Crippen LogP contribution < -0.4 is 0 Å². The zero-order chi connectivity index (χ0) is 8.58. The Labute approximate surface area is 72.3 Å². The van der Waals surface area contributed by atoms with Crippen molar-refractivity contribution in [1.82, 2.24) is 0 Å². The van der Waals surface area contributed by atoms with Crippen molar-refractivity contribution in [3.05, 3.63) is 0 Å². The van der Waals surface area contributed by atoms with E-state index in [4.69, 9.17) is 28.3 Å². The van der Waals surface area contributed by atoms with Crippen molar-refractivity contribution in [2.75, 3.05) is 0 Å². The van der Waals surface area contributed by atoms with Crippen molar-refractivity contribution >= 4 is 23.2 Å². The predicted octanol–water partition coefficient (Wildman–Crippen LogP) is 2.59. The fourth-order valence-electron chi connectivity index (χ4n) is 0.627. The summed E-state index contributed by atoms with van der Waals surface area (Å²) in [6.45, 7) is 7.25. The number of hydrogen-bond donors (Lipinski definition) is 1. The van der Waals surface area contributed by atoms with E-state index < -0.39 is 10.4 Å². The van der Waals surface area contributed by atoms with Crippen LogP contribution in [0.25, 0.3) is 0 Å². The lowest BCUT2D eigenvalue weighted by molar-refractivity contribution is 0.123. The molecule has 0 spiro atoms. The summed E-state index contributed by atoms with van der Waals surface area (Å²) in [4.78, 5) is 0. The first-order valence-electron chi connectivity index (χ1n) is 3.25. The van der Waals surface area contributed by atoms with E-state index in [9.17, 15) is 0 Å². The van der Waals surface area contributed by atoms with E-state index in [2.05, 4.69) is 0 Å². The van der Waals surface area contributed by atoms with Gasteiger partial charge in [0.2, 0.25) is 0 Å². The fourth-order valence-corrected chi connectivity index (χ4v) is 0.627. The van der Waals surface area contributed by atoms with E-state index in [0.29, 0.717) is 0 Å². The van der Waals surface area contributed by atoms with E-state index in [-0.39, 0.29) is 5.41 Å². The molecule has 0 fully saturated rings. The van der Waals surface area contributed by atoms with Crippen LogP contribution in [0.5, 0.6) is 0 Å². The minimum atomic E-state index is -1.06. The SMILES string of the molecule is CC(O)C(Cl)(Cl)C(C)(C)C. The maximum absolute atomic E-state index is 9.15. The van der Waals surface area contributed by atoms with Gasteiger partial charge in [-0.25, -0.2) is 0 Å². The standard InChI is InChI=1S/C7H14Cl2O/c1-5(10)7(8,9)6(2,3)4/h5,10H,1-4H3. The van der Waals surface area contributed by atoms with Gasteiger partial charge in [0, 0.05) is 0 Å². The van der Waals surface area contributed by atoms with Crippen molar-refractivity contribution in [2.24, 2.45) is 5.41 Å². The van der Waals surface area contributed by atoms with Crippen LogP contribution in [0.15, 0.2) is 0 Å². The predicted molar refractivity (Wildman–Crippen MR) is 45.6 cm³/mol. The highest BCUT2D eigenvalue weighted by Crippen LogP contribution is 2.42. The van der Waals surface area contributed by atoms with Gasteiger partial charge in [0.1, 0.15) is 4.33 Å². The van der Waals surface area contributed by atoms with E-state index >= 15 is 0 Å². The summed E-state index contributed by atoms with van der Waals surface area (Å²) in [5, 5.41) is 9.15. The zero-order valence-electron chi connectivity index (χ0n) is 6.78. The van der Waals surface area contributed by atoms with Gasteiger partial charge in [-0.3, -0.25) is 0 Å². The van der Waals surface area contributed by atoms with Gasteiger partial charge in [0.05, 0.1) is 6.10 Å². The van der Waals surface area contributed by atoms with Crippen LogP contribution in [-0.2, 0) is 0 Å². The summed E-state index contributed by atoms with van der Waals surface area (Å²) in [6, 6.07) is 0. The molecule has 0 saturated carbocycles. The molecule has 0 aliphatic rings. The maximum Gasteiger partial charge on any atom is 0.148 e. The Balaban J connectivity index is 4.40. The third kappa shape index (κ3) is 2.01. The second-order valence-corrected chi connectivity index (χ2v) is 4.93. The Morgan fingerprint density at radius 1 is 1.20 bits per heavy atom. The summed E-state index contributed by atoms with van der Waals surface area (Å²) < 4.78 is -1.06. The monoisotopic (exact) mass is 184 g/mol. The van der Waals surface area contributed by atoms with Crippen LogP contribution in [0.4, 0.5) is 0 Å². The maximum atomic E-state index is 9.15. The number of hydrogen-bond acceptors (Lipinski definition) is 1. The number of aliphatic hydroxyl groups is 1. The Hall–Kier alpha value is 0.540. The van der Waals surface area contributed by atoms with E-state index in [1.807, 2.05) is 20.8 Å². The summed E-state index contributed by atoms with van der Waals surface area (Å²) in [5.74, 6) is 0. The molecule has 0 radical (unpaired) electrons. The second-order valence-electron chi connectivity index (χ2n) is 3.55. The molecule has 0 rings (SSSR count). The highest BCUT2D eigenvalue weighted by molar-refractivity contribution is 6.49. The van der Waals surface area contributed by atoms with E-state index in [1.54, 1.807) is 6.92 Å². The average Bonchev–Trinajstić information content (AvgIpc) is 1.62.